The second-order valence-corrected chi connectivity index (χ2v) is 8.26. The van der Waals surface area contributed by atoms with Crippen LogP contribution in [0.15, 0.2) is 12.1 Å². The van der Waals surface area contributed by atoms with Crippen LogP contribution in [0.4, 0.5) is 10.6 Å². The van der Waals surface area contributed by atoms with Gasteiger partial charge in [0, 0.05) is 32.4 Å². The van der Waals surface area contributed by atoms with Crippen molar-refractivity contribution in [2.75, 3.05) is 32.0 Å². The van der Waals surface area contributed by atoms with Crippen molar-refractivity contribution in [1.29, 1.82) is 0 Å². The van der Waals surface area contributed by atoms with Gasteiger partial charge in [-0.05, 0) is 64.0 Å². The maximum atomic E-state index is 12.6. The lowest BCUT2D eigenvalue weighted by Gasteiger charge is -2.26. The molecule has 0 saturated carbocycles. The molecule has 3 rings (SSSR count). The number of nitrogens with zero attached hydrogens (tertiary/aromatic N) is 3. The van der Waals surface area contributed by atoms with Gasteiger partial charge in [0.2, 0.25) is 5.91 Å². The van der Waals surface area contributed by atoms with E-state index in [0.29, 0.717) is 19.5 Å². The summed E-state index contributed by atoms with van der Waals surface area (Å²) in [5.74, 6) is 0.825. The van der Waals surface area contributed by atoms with Gasteiger partial charge < -0.3 is 20.4 Å². The monoisotopic (exact) mass is 415 g/mol. The SMILES string of the molecule is CC(=O)C(C)N1CC[C@@H](N(C)C(=O)NCCCCc2ccc3c(n2)NCCC3)C1=O. The minimum absolute atomic E-state index is 0.0414. The third kappa shape index (κ3) is 5.09. The molecular weight excluding hydrogens is 382 g/mol. The molecule has 8 nitrogen and oxygen atoms in total. The van der Waals surface area contributed by atoms with Gasteiger partial charge >= 0.3 is 6.03 Å². The number of anilines is 1. The first kappa shape index (κ1) is 22.1. The zero-order valence-electron chi connectivity index (χ0n) is 18.2. The van der Waals surface area contributed by atoms with Crippen molar-refractivity contribution in [3.05, 3.63) is 23.4 Å². The van der Waals surface area contributed by atoms with Gasteiger partial charge in [-0.2, -0.15) is 0 Å². The summed E-state index contributed by atoms with van der Waals surface area (Å²) in [5, 5.41) is 6.25. The standard InChI is InChI=1S/C22H33N5O3/c1-15(16(2)28)27-14-11-19(21(27)29)26(3)22(30)24-12-5-4-8-18-10-9-17-7-6-13-23-20(17)25-18/h9-10,15,19H,4-8,11-14H2,1-3H3,(H,23,25)(H,24,30)/t15?,19-/m1/s1. The van der Waals surface area contributed by atoms with E-state index >= 15 is 0 Å². The highest BCUT2D eigenvalue weighted by molar-refractivity contribution is 5.93. The van der Waals surface area contributed by atoms with E-state index in [-0.39, 0.29) is 17.7 Å². The summed E-state index contributed by atoms with van der Waals surface area (Å²) in [6, 6.07) is 3.07. The van der Waals surface area contributed by atoms with E-state index in [4.69, 9.17) is 4.98 Å². The number of urea groups is 1. The number of rotatable bonds is 8. The zero-order valence-corrected chi connectivity index (χ0v) is 18.2. The maximum absolute atomic E-state index is 12.6. The van der Waals surface area contributed by atoms with E-state index in [9.17, 15) is 14.4 Å². The lowest BCUT2D eigenvalue weighted by atomic mass is 10.1. The normalized spacial score (nSPS) is 19.1. The Labute approximate surface area is 178 Å². The van der Waals surface area contributed by atoms with E-state index < -0.39 is 12.1 Å². The molecule has 3 heterocycles. The molecule has 0 radical (unpaired) electrons. The number of likely N-dealkylation sites (tertiary alicyclic amines) is 1. The van der Waals surface area contributed by atoms with Crippen LogP contribution >= 0.6 is 0 Å². The number of pyridine rings is 1. The number of amides is 3. The molecule has 8 heteroatoms. The van der Waals surface area contributed by atoms with E-state index in [1.807, 2.05) is 0 Å². The van der Waals surface area contributed by atoms with Crippen LogP contribution in [0.25, 0.3) is 0 Å². The minimum atomic E-state index is -0.501. The molecule has 0 spiro atoms. The number of hydrogen-bond acceptors (Lipinski definition) is 5. The summed E-state index contributed by atoms with van der Waals surface area (Å²) < 4.78 is 0. The summed E-state index contributed by atoms with van der Waals surface area (Å²) in [4.78, 5) is 44.3. The smallest absolute Gasteiger partial charge is 0.317 e. The number of Topliss-reactive ketones (excluding diaryl/α,β-unsaturated/α-hetero) is 1. The fraction of sp³-hybridized carbons (Fsp3) is 0.636. The van der Waals surface area contributed by atoms with Crippen molar-refractivity contribution < 1.29 is 14.4 Å². The van der Waals surface area contributed by atoms with Crippen LogP contribution < -0.4 is 10.6 Å². The van der Waals surface area contributed by atoms with Crippen LogP contribution in [0.3, 0.4) is 0 Å². The highest BCUT2D eigenvalue weighted by atomic mass is 16.2. The van der Waals surface area contributed by atoms with Crippen molar-refractivity contribution in [3.8, 4) is 0 Å². The van der Waals surface area contributed by atoms with E-state index in [1.165, 1.54) is 17.4 Å². The van der Waals surface area contributed by atoms with Crippen molar-refractivity contribution in [1.82, 2.24) is 20.1 Å². The summed E-state index contributed by atoms with van der Waals surface area (Å²) in [6.45, 7) is 5.26. The largest absolute Gasteiger partial charge is 0.370 e. The van der Waals surface area contributed by atoms with E-state index in [2.05, 4.69) is 22.8 Å². The average molecular weight is 416 g/mol. The number of aryl methyl sites for hydroxylation is 2. The highest BCUT2D eigenvalue weighted by Crippen LogP contribution is 2.21. The van der Waals surface area contributed by atoms with Crippen LogP contribution in [0, 0.1) is 0 Å². The summed E-state index contributed by atoms with van der Waals surface area (Å²) in [5.41, 5.74) is 2.36. The zero-order chi connectivity index (χ0) is 21.7. The minimum Gasteiger partial charge on any atom is -0.370 e. The Morgan fingerprint density at radius 3 is 2.93 bits per heavy atom. The number of carbonyl (C=O) groups is 3. The number of fused-ring (bicyclic) bond motifs is 1. The molecule has 30 heavy (non-hydrogen) atoms. The van der Waals surface area contributed by atoms with Gasteiger partial charge in [-0.25, -0.2) is 9.78 Å². The molecule has 0 aromatic carbocycles. The topological polar surface area (TPSA) is 94.6 Å². The fourth-order valence-corrected chi connectivity index (χ4v) is 4.05. The van der Waals surface area contributed by atoms with Gasteiger partial charge in [0.25, 0.3) is 0 Å². The highest BCUT2D eigenvalue weighted by Gasteiger charge is 2.39. The summed E-state index contributed by atoms with van der Waals surface area (Å²) in [6.07, 6.45) is 5.45. The number of hydrogen-bond donors (Lipinski definition) is 2. The van der Waals surface area contributed by atoms with Gasteiger partial charge in [0.15, 0.2) is 5.78 Å². The third-order valence-electron chi connectivity index (χ3n) is 6.14. The Hall–Kier alpha value is -2.64. The van der Waals surface area contributed by atoms with Crippen LogP contribution in [0.1, 0.15) is 50.8 Å². The van der Waals surface area contributed by atoms with E-state index in [1.54, 1.807) is 18.9 Å². The van der Waals surface area contributed by atoms with Crippen molar-refractivity contribution >= 4 is 23.5 Å². The molecule has 2 atom stereocenters. The molecule has 1 unspecified atom stereocenters. The Balaban J connectivity index is 1.38. The first-order valence-electron chi connectivity index (χ1n) is 10.9. The Morgan fingerprint density at radius 1 is 1.37 bits per heavy atom. The van der Waals surface area contributed by atoms with Crippen LogP contribution in [-0.4, -0.2) is 71.3 Å². The lowest BCUT2D eigenvalue weighted by molar-refractivity contribution is -0.137. The predicted octanol–water partition coefficient (Wildman–Crippen LogP) is 1.98. The van der Waals surface area contributed by atoms with Gasteiger partial charge in [-0.3, -0.25) is 9.59 Å². The van der Waals surface area contributed by atoms with E-state index in [0.717, 1.165) is 50.2 Å². The number of unbranched alkanes of at least 4 members (excludes halogenated alkanes) is 1. The molecule has 164 valence electrons. The first-order valence-corrected chi connectivity index (χ1v) is 10.9. The molecule has 1 aromatic heterocycles. The lowest BCUT2D eigenvalue weighted by Crippen LogP contribution is -2.49. The number of carbonyl (C=O) groups excluding carboxylic acids is 3. The Bertz CT molecular complexity index is 797. The quantitative estimate of drug-likeness (QED) is 0.633. The third-order valence-corrected chi connectivity index (χ3v) is 6.14. The number of nitrogens with one attached hydrogen (secondary N) is 2. The molecule has 2 aliphatic heterocycles. The molecule has 1 fully saturated rings. The predicted molar refractivity (Wildman–Crippen MR) is 115 cm³/mol. The van der Waals surface area contributed by atoms with Crippen molar-refractivity contribution in [2.45, 2.75) is 64.5 Å². The first-order chi connectivity index (χ1) is 14.4. The molecule has 2 N–H and O–H groups in total. The van der Waals surface area contributed by atoms with Crippen LogP contribution in [0.2, 0.25) is 0 Å². The number of aromatic nitrogens is 1. The van der Waals surface area contributed by atoms with Crippen LogP contribution in [-0.2, 0) is 22.4 Å². The number of likely N-dealkylation sites (N-methyl/N-ethyl adjacent to an activating group) is 1. The molecular formula is C22H33N5O3. The molecule has 1 saturated heterocycles. The second kappa shape index (κ2) is 9.91. The summed E-state index contributed by atoms with van der Waals surface area (Å²) >= 11 is 0. The molecule has 0 aliphatic carbocycles. The average Bonchev–Trinajstić information content (AvgIpc) is 3.13. The van der Waals surface area contributed by atoms with Gasteiger partial charge in [-0.15, -0.1) is 0 Å². The number of ketones is 1. The van der Waals surface area contributed by atoms with Gasteiger partial charge in [0.05, 0.1) is 6.04 Å². The Morgan fingerprint density at radius 2 is 2.17 bits per heavy atom. The van der Waals surface area contributed by atoms with Crippen LogP contribution in [0.5, 0.6) is 0 Å². The molecule has 0 bridgehead atoms. The molecule has 3 amide bonds. The Kier molecular flexibility index (Phi) is 7.29. The molecule has 2 aliphatic rings. The van der Waals surface area contributed by atoms with Gasteiger partial charge in [0.1, 0.15) is 11.9 Å². The van der Waals surface area contributed by atoms with Gasteiger partial charge in [-0.1, -0.05) is 6.07 Å². The molecule has 1 aromatic rings. The fourth-order valence-electron chi connectivity index (χ4n) is 4.05. The van der Waals surface area contributed by atoms with Crippen molar-refractivity contribution in [2.24, 2.45) is 0 Å². The summed E-state index contributed by atoms with van der Waals surface area (Å²) in [7, 11) is 1.64. The second-order valence-electron chi connectivity index (χ2n) is 8.26. The maximum Gasteiger partial charge on any atom is 0.317 e. The van der Waals surface area contributed by atoms with Crippen molar-refractivity contribution in [3.63, 3.8) is 0 Å².